The fourth-order valence-corrected chi connectivity index (χ4v) is 2.46. The molecule has 0 saturated heterocycles. The smallest absolute Gasteiger partial charge is 0.220 e. The molecule has 0 amide bonds. The molecule has 0 atom stereocenters. The van der Waals surface area contributed by atoms with Crippen molar-refractivity contribution in [2.45, 2.75) is 0 Å². The van der Waals surface area contributed by atoms with E-state index in [-0.39, 0.29) is 0 Å². The molecular weight excluding hydrogens is 284 g/mol. The highest BCUT2D eigenvalue weighted by molar-refractivity contribution is 5.81. The molecule has 2 aromatic carbocycles. The van der Waals surface area contributed by atoms with Crippen LogP contribution in [0.1, 0.15) is 11.6 Å². The van der Waals surface area contributed by atoms with Crippen LogP contribution in [0.5, 0.6) is 0 Å². The minimum Gasteiger partial charge on any atom is -0.437 e. The molecular formula is C20H14N2O. The van der Waals surface area contributed by atoms with Gasteiger partial charge in [0.25, 0.3) is 0 Å². The van der Waals surface area contributed by atoms with Crippen molar-refractivity contribution in [1.82, 2.24) is 9.97 Å². The van der Waals surface area contributed by atoms with Crippen molar-refractivity contribution in [3.05, 3.63) is 84.5 Å². The number of aromatic nitrogens is 2. The summed E-state index contributed by atoms with van der Waals surface area (Å²) in [5.41, 5.74) is 4.81. The number of fused-ring (bicyclic) bond motifs is 1. The molecule has 0 aliphatic carbocycles. The highest BCUT2D eigenvalue weighted by atomic mass is 16.3. The van der Waals surface area contributed by atoms with Gasteiger partial charge in [-0.15, -0.1) is 0 Å². The Morgan fingerprint density at radius 2 is 1.65 bits per heavy atom. The lowest BCUT2D eigenvalue weighted by Gasteiger charge is -1.99. The first-order valence-corrected chi connectivity index (χ1v) is 7.44. The molecule has 3 nitrogen and oxygen atoms in total. The second kappa shape index (κ2) is 5.89. The van der Waals surface area contributed by atoms with Gasteiger partial charge in [-0.1, -0.05) is 42.5 Å². The summed E-state index contributed by atoms with van der Waals surface area (Å²) in [5.74, 6) is 0.580. The van der Waals surface area contributed by atoms with E-state index in [1.54, 1.807) is 6.20 Å². The molecule has 0 bridgehead atoms. The van der Waals surface area contributed by atoms with E-state index in [1.165, 1.54) is 5.56 Å². The van der Waals surface area contributed by atoms with E-state index < -0.39 is 0 Å². The highest BCUT2D eigenvalue weighted by Crippen LogP contribution is 2.25. The number of oxazole rings is 1. The van der Waals surface area contributed by atoms with Crippen molar-refractivity contribution in [2.24, 2.45) is 0 Å². The van der Waals surface area contributed by atoms with Crippen molar-refractivity contribution < 1.29 is 4.42 Å². The Morgan fingerprint density at radius 3 is 2.48 bits per heavy atom. The molecule has 2 aromatic heterocycles. The van der Waals surface area contributed by atoms with Crippen LogP contribution in [-0.2, 0) is 0 Å². The van der Waals surface area contributed by atoms with Crippen molar-refractivity contribution in [3.8, 4) is 11.1 Å². The maximum atomic E-state index is 5.75. The van der Waals surface area contributed by atoms with E-state index in [0.717, 1.165) is 22.4 Å². The zero-order valence-electron chi connectivity index (χ0n) is 12.4. The van der Waals surface area contributed by atoms with Gasteiger partial charge in [0.1, 0.15) is 5.52 Å². The fourth-order valence-electron chi connectivity index (χ4n) is 2.46. The molecule has 4 rings (SSSR count). The van der Waals surface area contributed by atoms with E-state index in [4.69, 9.17) is 4.42 Å². The van der Waals surface area contributed by atoms with Crippen molar-refractivity contribution in [1.29, 1.82) is 0 Å². The molecule has 4 aromatic rings. The lowest BCUT2D eigenvalue weighted by Crippen LogP contribution is -1.77. The van der Waals surface area contributed by atoms with Crippen molar-refractivity contribution in [3.63, 3.8) is 0 Å². The molecule has 110 valence electrons. The van der Waals surface area contributed by atoms with Gasteiger partial charge in [-0.05, 0) is 41.5 Å². The Kier molecular flexibility index (Phi) is 3.45. The van der Waals surface area contributed by atoms with Gasteiger partial charge in [0.15, 0.2) is 5.58 Å². The summed E-state index contributed by atoms with van der Waals surface area (Å²) in [6.07, 6.45) is 5.49. The molecule has 2 heterocycles. The standard InChI is InChI=1S/C20H14N2O/c1-2-6-15(7-3-1)16-9-11-19-18(14-16)22-20(23-19)12-10-17-8-4-5-13-21-17/h1-14H/b12-10+. The minimum atomic E-state index is 0.580. The van der Waals surface area contributed by atoms with Crippen LogP contribution < -0.4 is 0 Å². The molecule has 0 saturated carbocycles. The van der Waals surface area contributed by atoms with Crippen LogP contribution in [0.2, 0.25) is 0 Å². The average molecular weight is 298 g/mol. The van der Waals surface area contributed by atoms with E-state index in [0.29, 0.717) is 5.89 Å². The third-order valence-electron chi connectivity index (χ3n) is 3.60. The fraction of sp³-hybridized carbons (Fsp3) is 0. The third-order valence-corrected chi connectivity index (χ3v) is 3.60. The predicted molar refractivity (Wildman–Crippen MR) is 92.6 cm³/mol. The van der Waals surface area contributed by atoms with Crippen molar-refractivity contribution in [2.75, 3.05) is 0 Å². The van der Waals surface area contributed by atoms with E-state index in [2.05, 4.69) is 28.2 Å². The van der Waals surface area contributed by atoms with Crippen LogP contribution in [0.3, 0.4) is 0 Å². The number of pyridine rings is 1. The summed E-state index contributed by atoms with van der Waals surface area (Å²) >= 11 is 0. The minimum absolute atomic E-state index is 0.580. The summed E-state index contributed by atoms with van der Waals surface area (Å²) < 4.78 is 5.75. The SMILES string of the molecule is C(=C\c1nc2cc(-c3ccccc3)ccc2o1)/c1ccccn1. The van der Waals surface area contributed by atoms with E-state index in [9.17, 15) is 0 Å². The molecule has 0 aliphatic rings. The van der Waals surface area contributed by atoms with Gasteiger partial charge in [-0.2, -0.15) is 0 Å². The second-order valence-electron chi connectivity index (χ2n) is 5.19. The maximum absolute atomic E-state index is 5.75. The molecule has 0 aliphatic heterocycles. The van der Waals surface area contributed by atoms with Crippen LogP contribution in [0.4, 0.5) is 0 Å². The molecule has 0 radical (unpaired) electrons. The first-order valence-electron chi connectivity index (χ1n) is 7.44. The largest absolute Gasteiger partial charge is 0.437 e. The first kappa shape index (κ1) is 13.5. The summed E-state index contributed by atoms with van der Waals surface area (Å²) in [5, 5.41) is 0. The highest BCUT2D eigenvalue weighted by Gasteiger charge is 2.05. The Balaban J connectivity index is 1.67. The van der Waals surface area contributed by atoms with Crippen LogP contribution in [0.15, 0.2) is 77.3 Å². The summed E-state index contributed by atoms with van der Waals surface area (Å²) in [7, 11) is 0. The molecule has 0 fully saturated rings. The summed E-state index contributed by atoms with van der Waals surface area (Å²) in [6, 6.07) is 22.1. The predicted octanol–water partition coefficient (Wildman–Crippen LogP) is 5.06. The van der Waals surface area contributed by atoms with Gasteiger partial charge in [-0.25, -0.2) is 4.98 Å². The normalized spacial score (nSPS) is 11.3. The van der Waals surface area contributed by atoms with Gasteiger partial charge in [0.2, 0.25) is 5.89 Å². The number of hydrogen-bond donors (Lipinski definition) is 0. The van der Waals surface area contributed by atoms with Gasteiger partial charge in [-0.3, -0.25) is 4.98 Å². The maximum Gasteiger partial charge on any atom is 0.220 e. The van der Waals surface area contributed by atoms with E-state index in [1.807, 2.05) is 60.7 Å². The van der Waals surface area contributed by atoms with Crippen molar-refractivity contribution >= 4 is 23.3 Å². The van der Waals surface area contributed by atoms with Gasteiger partial charge in [0.05, 0.1) is 5.69 Å². The second-order valence-corrected chi connectivity index (χ2v) is 5.19. The molecule has 0 unspecified atom stereocenters. The molecule has 0 N–H and O–H groups in total. The average Bonchev–Trinajstić information content (AvgIpc) is 3.04. The Bertz CT molecular complexity index is 957. The quantitative estimate of drug-likeness (QED) is 0.530. The lowest BCUT2D eigenvalue weighted by atomic mass is 10.1. The molecule has 23 heavy (non-hydrogen) atoms. The monoisotopic (exact) mass is 298 g/mol. The number of hydrogen-bond acceptors (Lipinski definition) is 3. The zero-order valence-corrected chi connectivity index (χ0v) is 12.4. The van der Waals surface area contributed by atoms with Crippen LogP contribution in [-0.4, -0.2) is 9.97 Å². The Hall–Kier alpha value is -3.20. The topological polar surface area (TPSA) is 38.9 Å². The van der Waals surface area contributed by atoms with Crippen LogP contribution in [0, 0.1) is 0 Å². The lowest BCUT2D eigenvalue weighted by molar-refractivity contribution is 0.589. The number of rotatable bonds is 3. The summed E-state index contributed by atoms with van der Waals surface area (Å²) in [4.78, 5) is 8.78. The third kappa shape index (κ3) is 2.90. The van der Waals surface area contributed by atoms with Crippen LogP contribution >= 0.6 is 0 Å². The molecule has 0 spiro atoms. The molecule has 3 heteroatoms. The van der Waals surface area contributed by atoms with Gasteiger partial charge in [0, 0.05) is 12.3 Å². The zero-order chi connectivity index (χ0) is 15.5. The van der Waals surface area contributed by atoms with E-state index >= 15 is 0 Å². The first-order chi connectivity index (χ1) is 11.4. The van der Waals surface area contributed by atoms with Gasteiger partial charge >= 0.3 is 0 Å². The number of nitrogens with zero attached hydrogens (tertiary/aromatic N) is 2. The number of benzene rings is 2. The van der Waals surface area contributed by atoms with Gasteiger partial charge < -0.3 is 4.42 Å². The Morgan fingerprint density at radius 1 is 0.783 bits per heavy atom. The van der Waals surface area contributed by atoms with Crippen LogP contribution in [0.25, 0.3) is 34.4 Å². The summed E-state index contributed by atoms with van der Waals surface area (Å²) in [6.45, 7) is 0. The Labute approximate surface area is 134 Å².